The Morgan fingerprint density at radius 3 is 3.06 bits per heavy atom. The van der Waals surface area contributed by atoms with Crippen molar-refractivity contribution in [2.24, 2.45) is 0 Å². The molecule has 0 saturated carbocycles. The number of anilines is 1. The zero-order valence-electron chi connectivity index (χ0n) is 9.13. The zero-order chi connectivity index (χ0) is 10.8. The van der Waals surface area contributed by atoms with Crippen molar-refractivity contribution in [3.63, 3.8) is 0 Å². The maximum atomic E-state index is 4.32. The molecule has 1 aromatic heterocycles. The van der Waals surface area contributed by atoms with E-state index >= 15 is 0 Å². The molecular weight excluding hydrogens is 198 g/mol. The van der Waals surface area contributed by atoms with Crippen molar-refractivity contribution in [1.82, 2.24) is 9.78 Å². The van der Waals surface area contributed by atoms with Crippen molar-refractivity contribution in [2.45, 2.75) is 18.9 Å². The summed E-state index contributed by atoms with van der Waals surface area (Å²) in [6, 6.07) is 11.0. The van der Waals surface area contributed by atoms with Crippen LogP contribution in [0.4, 0.5) is 5.69 Å². The molecule has 0 bridgehead atoms. The first-order chi connectivity index (χ1) is 7.93. The van der Waals surface area contributed by atoms with E-state index in [1.807, 2.05) is 18.5 Å². The van der Waals surface area contributed by atoms with Gasteiger partial charge >= 0.3 is 0 Å². The van der Waals surface area contributed by atoms with Gasteiger partial charge in [0, 0.05) is 24.6 Å². The van der Waals surface area contributed by atoms with E-state index < -0.39 is 0 Å². The third-order valence-electron chi connectivity index (χ3n) is 3.19. The molecule has 0 fully saturated rings. The van der Waals surface area contributed by atoms with Crippen LogP contribution >= 0.6 is 0 Å². The molecule has 0 aliphatic carbocycles. The maximum absolute atomic E-state index is 4.32. The van der Waals surface area contributed by atoms with Crippen molar-refractivity contribution in [3.8, 4) is 0 Å². The van der Waals surface area contributed by atoms with Crippen LogP contribution in [0.15, 0.2) is 42.7 Å². The van der Waals surface area contributed by atoms with Gasteiger partial charge in [-0.05, 0) is 30.5 Å². The van der Waals surface area contributed by atoms with Crippen molar-refractivity contribution < 1.29 is 0 Å². The van der Waals surface area contributed by atoms with E-state index in [1.165, 1.54) is 11.3 Å². The van der Waals surface area contributed by atoms with Gasteiger partial charge in [0.1, 0.15) is 0 Å². The minimum Gasteiger partial charge on any atom is -0.383 e. The van der Waals surface area contributed by atoms with Gasteiger partial charge in [-0.25, -0.2) is 0 Å². The molecular formula is C13H15N3. The highest BCUT2D eigenvalue weighted by Gasteiger charge is 2.16. The summed E-state index contributed by atoms with van der Waals surface area (Å²) in [7, 11) is 0. The molecule has 1 aliphatic rings. The minimum absolute atomic E-state index is 0.461. The van der Waals surface area contributed by atoms with E-state index in [2.05, 4.69) is 39.4 Å². The molecule has 82 valence electrons. The molecule has 0 radical (unpaired) electrons. The van der Waals surface area contributed by atoms with Crippen LogP contribution in [0.25, 0.3) is 0 Å². The fourth-order valence-electron chi connectivity index (χ4n) is 2.29. The molecule has 3 nitrogen and oxygen atoms in total. The lowest BCUT2D eigenvalue weighted by Crippen LogP contribution is -2.17. The van der Waals surface area contributed by atoms with E-state index in [0.29, 0.717) is 6.04 Å². The van der Waals surface area contributed by atoms with Crippen molar-refractivity contribution in [1.29, 1.82) is 0 Å². The highest BCUT2D eigenvalue weighted by Crippen LogP contribution is 2.25. The van der Waals surface area contributed by atoms with Crippen LogP contribution in [0.3, 0.4) is 0 Å². The van der Waals surface area contributed by atoms with Gasteiger partial charge in [-0.1, -0.05) is 18.2 Å². The fourth-order valence-corrected chi connectivity index (χ4v) is 2.29. The van der Waals surface area contributed by atoms with Gasteiger partial charge < -0.3 is 5.32 Å². The van der Waals surface area contributed by atoms with Crippen LogP contribution in [0.5, 0.6) is 0 Å². The second-order valence-corrected chi connectivity index (χ2v) is 4.22. The van der Waals surface area contributed by atoms with Crippen LogP contribution in [0, 0.1) is 0 Å². The summed E-state index contributed by atoms with van der Waals surface area (Å²) in [5.41, 5.74) is 2.69. The number of aryl methyl sites for hydroxylation is 1. The topological polar surface area (TPSA) is 29.9 Å². The van der Waals surface area contributed by atoms with Crippen molar-refractivity contribution in [2.75, 3.05) is 11.9 Å². The first kappa shape index (κ1) is 9.46. The number of rotatable bonds is 1. The highest BCUT2D eigenvalue weighted by atomic mass is 15.3. The summed E-state index contributed by atoms with van der Waals surface area (Å²) >= 11 is 0. The SMILES string of the molecule is c1ccc2c(c1)CCC(n1cccn1)CN2. The third-order valence-corrected chi connectivity index (χ3v) is 3.19. The number of nitrogens with zero attached hydrogens (tertiary/aromatic N) is 2. The Kier molecular flexibility index (Phi) is 2.37. The number of aromatic nitrogens is 2. The van der Waals surface area contributed by atoms with Gasteiger partial charge in [0.15, 0.2) is 0 Å². The first-order valence-corrected chi connectivity index (χ1v) is 5.74. The molecule has 1 N–H and O–H groups in total. The summed E-state index contributed by atoms with van der Waals surface area (Å²) in [5.74, 6) is 0. The Morgan fingerprint density at radius 1 is 1.25 bits per heavy atom. The Hall–Kier alpha value is -1.77. The van der Waals surface area contributed by atoms with Gasteiger partial charge in [-0.15, -0.1) is 0 Å². The molecule has 16 heavy (non-hydrogen) atoms. The standard InChI is InChI=1S/C13H15N3/c1-2-5-13-11(4-1)6-7-12(10-14-13)16-9-3-8-15-16/h1-5,8-9,12,14H,6-7,10H2. The number of para-hydroxylation sites is 1. The van der Waals surface area contributed by atoms with E-state index in [4.69, 9.17) is 0 Å². The predicted octanol–water partition coefficient (Wildman–Crippen LogP) is 2.48. The normalized spacial score (nSPS) is 19.6. The van der Waals surface area contributed by atoms with Crippen LogP contribution in [-0.4, -0.2) is 16.3 Å². The summed E-state index contributed by atoms with van der Waals surface area (Å²) in [6.45, 7) is 0.957. The van der Waals surface area contributed by atoms with Gasteiger partial charge in [-0.3, -0.25) is 4.68 Å². The molecule has 3 rings (SSSR count). The molecule has 0 amide bonds. The number of hydrogen-bond donors (Lipinski definition) is 1. The molecule has 1 unspecified atom stereocenters. The Morgan fingerprint density at radius 2 is 2.19 bits per heavy atom. The molecule has 0 saturated heterocycles. The molecule has 1 atom stereocenters. The lowest BCUT2D eigenvalue weighted by Gasteiger charge is -2.14. The quantitative estimate of drug-likeness (QED) is 0.788. The number of nitrogens with one attached hydrogen (secondary N) is 1. The van der Waals surface area contributed by atoms with Crippen LogP contribution in [0.1, 0.15) is 18.0 Å². The third kappa shape index (κ3) is 1.69. The summed E-state index contributed by atoms with van der Waals surface area (Å²) in [5, 5.41) is 7.82. The molecule has 1 aromatic carbocycles. The molecule has 1 aliphatic heterocycles. The molecule has 0 spiro atoms. The maximum Gasteiger partial charge on any atom is 0.0694 e. The fraction of sp³-hybridized carbons (Fsp3) is 0.308. The highest BCUT2D eigenvalue weighted by molar-refractivity contribution is 5.51. The zero-order valence-corrected chi connectivity index (χ0v) is 9.13. The Bertz CT molecular complexity index is 435. The predicted molar refractivity (Wildman–Crippen MR) is 64.5 cm³/mol. The van der Waals surface area contributed by atoms with Gasteiger partial charge in [0.25, 0.3) is 0 Å². The molecule has 2 aromatic rings. The van der Waals surface area contributed by atoms with E-state index in [1.54, 1.807) is 0 Å². The smallest absolute Gasteiger partial charge is 0.0694 e. The summed E-state index contributed by atoms with van der Waals surface area (Å²) in [6.07, 6.45) is 6.15. The monoisotopic (exact) mass is 213 g/mol. The molecule has 3 heteroatoms. The summed E-state index contributed by atoms with van der Waals surface area (Å²) in [4.78, 5) is 0. The largest absolute Gasteiger partial charge is 0.383 e. The van der Waals surface area contributed by atoms with Crippen molar-refractivity contribution >= 4 is 5.69 Å². The molecule has 2 heterocycles. The Balaban J connectivity index is 1.82. The minimum atomic E-state index is 0.461. The van der Waals surface area contributed by atoms with E-state index in [-0.39, 0.29) is 0 Å². The number of benzene rings is 1. The average molecular weight is 213 g/mol. The van der Waals surface area contributed by atoms with Crippen molar-refractivity contribution in [3.05, 3.63) is 48.3 Å². The van der Waals surface area contributed by atoms with Crippen LogP contribution < -0.4 is 5.32 Å². The lowest BCUT2D eigenvalue weighted by atomic mass is 10.1. The second-order valence-electron chi connectivity index (χ2n) is 4.22. The van der Waals surface area contributed by atoms with Crippen LogP contribution in [-0.2, 0) is 6.42 Å². The van der Waals surface area contributed by atoms with Gasteiger partial charge in [0.05, 0.1) is 6.04 Å². The van der Waals surface area contributed by atoms with Gasteiger partial charge in [-0.2, -0.15) is 5.10 Å². The number of fused-ring (bicyclic) bond motifs is 1. The van der Waals surface area contributed by atoms with E-state index in [0.717, 1.165) is 19.4 Å². The Labute approximate surface area is 95.1 Å². The first-order valence-electron chi connectivity index (χ1n) is 5.74. The van der Waals surface area contributed by atoms with Gasteiger partial charge in [0.2, 0.25) is 0 Å². The number of hydrogen-bond acceptors (Lipinski definition) is 2. The second kappa shape index (κ2) is 4.00. The average Bonchev–Trinajstić information content (AvgIpc) is 2.76. The van der Waals surface area contributed by atoms with E-state index in [9.17, 15) is 0 Å². The summed E-state index contributed by atoms with van der Waals surface area (Å²) < 4.78 is 2.05. The van der Waals surface area contributed by atoms with Crippen LogP contribution in [0.2, 0.25) is 0 Å². The lowest BCUT2D eigenvalue weighted by molar-refractivity contribution is 0.449.